The van der Waals surface area contributed by atoms with Crippen LogP contribution in [-0.4, -0.2) is 17.2 Å². The maximum atomic E-state index is 9.65. The molecule has 0 aliphatic carbocycles. The Balaban J connectivity index is 2.07. The second kappa shape index (κ2) is 5.60. The van der Waals surface area contributed by atoms with Crippen molar-refractivity contribution in [1.82, 2.24) is 4.98 Å². The largest absolute Gasteiger partial charge is 0.504 e. The highest BCUT2D eigenvalue weighted by Crippen LogP contribution is 2.27. The molecule has 2 rings (SSSR count). The molecule has 1 aromatic carbocycles. The number of benzene rings is 1. The SMILES string of the molecule is COc1ccc(CNc2cccnc2Cl)cc1O. The fourth-order valence-electron chi connectivity index (χ4n) is 1.56. The summed E-state index contributed by atoms with van der Waals surface area (Å²) < 4.78 is 4.98. The molecule has 0 unspecified atom stereocenters. The summed E-state index contributed by atoms with van der Waals surface area (Å²) in [5, 5.41) is 13.2. The van der Waals surface area contributed by atoms with Crippen LogP contribution in [0.15, 0.2) is 36.5 Å². The van der Waals surface area contributed by atoms with Crippen molar-refractivity contribution in [2.24, 2.45) is 0 Å². The van der Waals surface area contributed by atoms with Crippen molar-refractivity contribution in [2.75, 3.05) is 12.4 Å². The lowest BCUT2D eigenvalue weighted by atomic mass is 10.2. The third kappa shape index (κ3) is 2.84. The lowest BCUT2D eigenvalue weighted by Crippen LogP contribution is -2.00. The van der Waals surface area contributed by atoms with Crippen LogP contribution in [0.3, 0.4) is 0 Å². The lowest BCUT2D eigenvalue weighted by molar-refractivity contribution is 0.373. The molecular weight excluding hydrogens is 252 g/mol. The Hall–Kier alpha value is -1.94. The van der Waals surface area contributed by atoms with Gasteiger partial charge in [0, 0.05) is 12.7 Å². The Labute approximate surface area is 110 Å². The number of phenols is 1. The van der Waals surface area contributed by atoms with Gasteiger partial charge in [-0.15, -0.1) is 0 Å². The summed E-state index contributed by atoms with van der Waals surface area (Å²) >= 11 is 5.93. The zero-order valence-electron chi connectivity index (χ0n) is 9.85. The number of nitrogens with one attached hydrogen (secondary N) is 1. The molecule has 4 nitrogen and oxygen atoms in total. The molecule has 0 radical (unpaired) electrons. The minimum atomic E-state index is 0.120. The van der Waals surface area contributed by atoms with E-state index in [1.165, 1.54) is 7.11 Å². The van der Waals surface area contributed by atoms with Crippen LogP contribution in [0.1, 0.15) is 5.56 Å². The van der Waals surface area contributed by atoms with E-state index >= 15 is 0 Å². The second-order valence-electron chi connectivity index (χ2n) is 3.70. The number of halogens is 1. The van der Waals surface area contributed by atoms with Crippen molar-refractivity contribution in [3.05, 3.63) is 47.2 Å². The van der Waals surface area contributed by atoms with Crippen LogP contribution >= 0.6 is 11.6 Å². The van der Waals surface area contributed by atoms with Gasteiger partial charge in [-0.05, 0) is 29.8 Å². The number of phenolic OH excluding ortho intramolecular Hbond substituents is 1. The van der Waals surface area contributed by atoms with Gasteiger partial charge in [0.1, 0.15) is 0 Å². The van der Waals surface area contributed by atoms with Crippen molar-refractivity contribution >= 4 is 17.3 Å². The Kier molecular flexibility index (Phi) is 3.89. The molecule has 0 fully saturated rings. The molecule has 2 N–H and O–H groups in total. The van der Waals surface area contributed by atoms with Gasteiger partial charge in [0.2, 0.25) is 0 Å². The molecule has 18 heavy (non-hydrogen) atoms. The van der Waals surface area contributed by atoms with Gasteiger partial charge >= 0.3 is 0 Å². The smallest absolute Gasteiger partial charge is 0.160 e. The summed E-state index contributed by atoms with van der Waals surface area (Å²) in [5.41, 5.74) is 1.68. The number of anilines is 1. The van der Waals surface area contributed by atoms with Gasteiger partial charge in [-0.3, -0.25) is 0 Å². The predicted octanol–water partition coefficient (Wildman–Crippen LogP) is 3.06. The van der Waals surface area contributed by atoms with Crippen molar-refractivity contribution < 1.29 is 9.84 Å². The molecule has 94 valence electrons. The van der Waals surface area contributed by atoms with Crippen molar-refractivity contribution in [3.8, 4) is 11.5 Å². The first-order valence-corrected chi connectivity index (χ1v) is 5.79. The van der Waals surface area contributed by atoms with E-state index < -0.39 is 0 Å². The Morgan fingerprint density at radius 3 is 2.89 bits per heavy atom. The fraction of sp³-hybridized carbons (Fsp3) is 0.154. The number of hydrogen-bond acceptors (Lipinski definition) is 4. The van der Waals surface area contributed by atoms with Gasteiger partial charge in [0.25, 0.3) is 0 Å². The minimum Gasteiger partial charge on any atom is -0.504 e. The molecule has 2 aromatic rings. The van der Waals surface area contributed by atoms with Crippen LogP contribution in [0, 0.1) is 0 Å². The molecule has 5 heteroatoms. The number of aromatic hydroxyl groups is 1. The van der Waals surface area contributed by atoms with E-state index in [1.54, 1.807) is 24.4 Å². The van der Waals surface area contributed by atoms with Gasteiger partial charge in [0.15, 0.2) is 16.7 Å². The molecule has 0 atom stereocenters. The summed E-state index contributed by atoms with van der Waals surface area (Å²) in [4.78, 5) is 3.97. The molecule has 0 aliphatic heterocycles. The number of rotatable bonds is 4. The maximum absolute atomic E-state index is 9.65. The number of aromatic nitrogens is 1. The van der Waals surface area contributed by atoms with E-state index in [-0.39, 0.29) is 5.75 Å². The summed E-state index contributed by atoms with van der Waals surface area (Å²) in [6, 6.07) is 8.89. The molecule has 0 aliphatic rings. The van der Waals surface area contributed by atoms with Crippen LogP contribution in [0.5, 0.6) is 11.5 Å². The predicted molar refractivity (Wildman–Crippen MR) is 71.2 cm³/mol. The zero-order chi connectivity index (χ0) is 13.0. The Bertz CT molecular complexity index is 546. The molecule has 1 aromatic heterocycles. The highest BCUT2D eigenvalue weighted by molar-refractivity contribution is 6.31. The monoisotopic (exact) mass is 264 g/mol. The Morgan fingerprint density at radius 2 is 2.22 bits per heavy atom. The third-order valence-electron chi connectivity index (χ3n) is 2.49. The first-order chi connectivity index (χ1) is 8.70. The highest BCUT2D eigenvalue weighted by Gasteiger charge is 2.03. The topological polar surface area (TPSA) is 54.4 Å². The molecule has 1 heterocycles. The third-order valence-corrected chi connectivity index (χ3v) is 2.79. The Morgan fingerprint density at radius 1 is 1.39 bits per heavy atom. The van der Waals surface area contributed by atoms with Crippen LogP contribution in [0.2, 0.25) is 5.15 Å². The first kappa shape index (κ1) is 12.5. The zero-order valence-corrected chi connectivity index (χ0v) is 10.6. The van der Waals surface area contributed by atoms with E-state index in [0.29, 0.717) is 17.4 Å². The number of hydrogen-bond donors (Lipinski definition) is 2. The van der Waals surface area contributed by atoms with Crippen molar-refractivity contribution in [3.63, 3.8) is 0 Å². The van der Waals surface area contributed by atoms with Crippen LogP contribution in [0.4, 0.5) is 5.69 Å². The van der Waals surface area contributed by atoms with E-state index in [0.717, 1.165) is 11.3 Å². The highest BCUT2D eigenvalue weighted by atomic mass is 35.5. The molecule has 0 spiro atoms. The maximum Gasteiger partial charge on any atom is 0.160 e. The van der Waals surface area contributed by atoms with Crippen molar-refractivity contribution in [1.29, 1.82) is 0 Å². The van der Waals surface area contributed by atoms with E-state index in [1.807, 2.05) is 12.1 Å². The summed E-state index contributed by atoms with van der Waals surface area (Å²) in [5.74, 6) is 0.576. The van der Waals surface area contributed by atoms with Crippen LogP contribution in [0.25, 0.3) is 0 Å². The van der Waals surface area contributed by atoms with Crippen molar-refractivity contribution in [2.45, 2.75) is 6.54 Å². The number of ether oxygens (including phenoxy) is 1. The van der Waals surface area contributed by atoms with Gasteiger partial charge in [0.05, 0.1) is 12.8 Å². The standard InChI is InChI=1S/C13H13ClN2O2/c1-18-12-5-4-9(7-11(12)17)8-16-10-3-2-6-15-13(10)14/h2-7,16-17H,8H2,1H3. The molecular formula is C13H13ClN2O2. The average Bonchev–Trinajstić information content (AvgIpc) is 2.38. The quantitative estimate of drug-likeness (QED) is 0.834. The van der Waals surface area contributed by atoms with Gasteiger partial charge < -0.3 is 15.2 Å². The van der Waals surface area contributed by atoms with Crippen LogP contribution < -0.4 is 10.1 Å². The molecule has 0 saturated heterocycles. The summed E-state index contributed by atoms with van der Waals surface area (Å²) in [6.07, 6.45) is 1.63. The molecule has 0 saturated carbocycles. The van der Waals surface area contributed by atoms with Gasteiger partial charge in [-0.1, -0.05) is 17.7 Å². The number of pyridine rings is 1. The molecule has 0 amide bonds. The number of methoxy groups -OCH3 is 1. The van der Waals surface area contributed by atoms with E-state index in [4.69, 9.17) is 16.3 Å². The summed E-state index contributed by atoms with van der Waals surface area (Å²) in [6.45, 7) is 0.545. The van der Waals surface area contributed by atoms with E-state index in [9.17, 15) is 5.11 Å². The van der Waals surface area contributed by atoms with Crippen LogP contribution in [-0.2, 0) is 6.54 Å². The lowest BCUT2D eigenvalue weighted by Gasteiger charge is -2.09. The number of nitrogens with zero attached hydrogens (tertiary/aromatic N) is 1. The normalized spacial score (nSPS) is 10.1. The second-order valence-corrected chi connectivity index (χ2v) is 4.06. The van der Waals surface area contributed by atoms with Gasteiger partial charge in [-0.25, -0.2) is 4.98 Å². The van der Waals surface area contributed by atoms with Gasteiger partial charge in [-0.2, -0.15) is 0 Å². The summed E-state index contributed by atoms with van der Waals surface area (Å²) in [7, 11) is 1.52. The fourth-order valence-corrected chi connectivity index (χ4v) is 1.75. The molecule has 0 bridgehead atoms. The average molecular weight is 265 g/mol. The van der Waals surface area contributed by atoms with E-state index in [2.05, 4.69) is 10.3 Å². The first-order valence-electron chi connectivity index (χ1n) is 5.41. The minimum absolute atomic E-state index is 0.120.